The molecular formula is C8H13N3O2S. The number of carbonyl (C=O) groups excluding carboxylic acids is 1. The summed E-state index contributed by atoms with van der Waals surface area (Å²) in [5.74, 6) is 0.467. The van der Waals surface area contributed by atoms with Crippen molar-refractivity contribution in [2.45, 2.75) is 0 Å². The maximum atomic E-state index is 11.4. The standard InChI is InChI=1S/C8H13N3O2S/c9-8-11(7(12)5-14-8)6-10-1-3-13-4-2-10/h9H,1-6H2. The van der Waals surface area contributed by atoms with Gasteiger partial charge in [0.25, 0.3) is 0 Å². The van der Waals surface area contributed by atoms with E-state index >= 15 is 0 Å². The molecule has 6 heteroatoms. The van der Waals surface area contributed by atoms with Gasteiger partial charge in [-0.05, 0) is 0 Å². The van der Waals surface area contributed by atoms with Crippen molar-refractivity contribution in [3.8, 4) is 0 Å². The largest absolute Gasteiger partial charge is 0.379 e. The molecule has 0 aliphatic carbocycles. The maximum absolute atomic E-state index is 11.4. The zero-order valence-corrected chi connectivity index (χ0v) is 8.68. The Morgan fingerprint density at radius 2 is 2.14 bits per heavy atom. The van der Waals surface area contributed by atoms with Gasteiger partial charge in [-0.2, -0.15) is 0 Å². The fourth-order valence-electron chi connectivity index (χ4n) is 1.48. The molecule has 2 aliphatic heterocycles. The van der Waals surface area contributed by atoms with Crippen molar-refractivity contribution in [3.05, 3.63) is 0 Å². The van der Waals surface area contributed by atoms with E-state index in [2.05, 4.69) is 4.90 Å². The summed E-state index contributed by atoms with van der Waals surface area (Å²) in [5, 5.41) is 7.94. The van der Waals surface area contributed by atoms with Crippen molar-refractivity contribution >= 4 is 22.8 Å². The summed E-state index contributed by atoms with van der Waals surface area (Å²) in [6.07, 6.45) is 0. The molecule has 5 nitrogen and oxygen atoms in total. The Morgan fingerprint density at radius 3 is 2.71 bits per heavy atom. The number of ether oxygens (including phenoxy) is 1. The zero-order valence-electron chi connectivity index (χ0n) is 7.86. The highest BCUT2D eigenvalue weighted by atomic mass is 32.2. The van der Waals surface area contributed by atoms with Crippen LogP contribution < -0.4 is 0 Å². The summed E-state index contributed by atoms with van der Waals surface area (Å²) in [6, 6.07) is 0. The van der Waals surface area contributed by atoms with Crippen molar-refractivity contribution in [1.29, 1.82) is 5.41 Å². The smallest absolute Gasteiger partial charge is 0.240 e. The Morgan fingerprint density at radius 1 is 1.43 bits per heavy atom. The molecule has 2 aliphatic rings. The fraction of sp³-hybridized carbons (Fsp3) is 0.750. The minimum Gasteiger partial charge on any atom is -0.379 e. The molecule has 78 valence electrons. The number of rotatable bonds is 2. The van der Waals surface area contributed by atoms with Crippen LogP contribution in [0.15, 0.2) is 0 Å². The van der Waals surface area contributed by atoms with E-state index in [0.29, 0.717) is 17.6 Å². The van der Waals surface area contributed by atoms with Crippen LogP contribution in [0.4, 0.5) is 0 Å². The highest BCUT2D eigenvalue weighted by Crippen LogP contribution is 2.18. The number of thioether (sulfide) groups is 1. The highest BCUT2D eigenvalue weighted by Gasteiger charge is 2.28. The lowest BCUT2D eigenvalue weighted by atomic mass is 10.4. The first-order valence-electron chi connectivity index (χ1n) is 4.59. The van der Waals surface area contributed by atoms with Crippen LogP contribution in [0.3, 0.4) is 0 Å². The number of hydrogen-bond acceptors (Lipinski definition) is 5. The monoisotopic (exact) mass is 215 g/mol. The van der Waals surface area contributed by atoms with E-state index in [1.807, 2.05) is 0 Å². The summed E-state index contributed by atoms with van der Waals surface area (Å²) in [4.78, 5) is 15.0. The molecule has 0 aromatic heterocycles. The van der Waals surface area contributed by atoms with Gasteiger partial charge >= 0.3 is 0 Å². The maximum Gasteiger partial charge on any atom is 0.240 e. The van der Waals surface area contributed by atoms with Crippen LogP contribution in [0.1, 0.15) is 0 Å². The summed E-state index contributed by atoms with van der Waals surface area (Å²) in [7, 11) is 0. The molecule has 0 unspecified atom stereocenters. The number of nitrogens with zero attached hydrogens (tertiary/aromatic N) is 2. The van der Waals surface area contributed by atoms with E-state index in [1.54, 1.807) is 0 Å². The molecule has 0 spiro atoms. The predicted molar refractivity (Wildman–Crippen MR) is 54.3 cm³/mol. The number of morpholine rings is 1. The van der Waals surface area contributed by atoms with Crippen LogP contribution in [0.25, 0.3) is 0 Å². The van der Waals surface area contributed by atoms with E-state index in [1.165, 1.54) is 16.7 Å². The lowest BCUT2D eigenvalue weighted by Crippen LogP contribution is -2.45. The number of carbonyl (C=O) groups is 1. The van der Waals surface area contributed by atoms with E-state index in [-0.39, 0.29) is 5.91 Å². The summed E-state index contributed by atoms with van der Waals surface area (Å²) < 4.78 is 5.21. The highest BCUT2D eigenvalue weighted by molar-refractivity contribution is 8.14. The summed E-state index contributed by atoms with van der Waals surface area (Å²) in [6.45, 7) is 3.70. The van der Waals surface area contributed by atoms with Gasteiger partial charge in [-0.25, -0.2) is 0 Å². The molecule has 0 aromatic carbocycles. The quantitative estimate of drug-likeness (QED) is 0.692. The van der Waals surface area contributed by atoms with Gasteiger partial charge in [0, 0.05) is 13.1 Å². The SMILES string of the molecule is N=C1SCC(=O)N1CN1CCOCC1. The molecular weight excluding hydrogens is 202 g/mol. The first kappa shape index (κ1) is 9.95. The van der Waals surface area contributed by atoms with Gasteiger partial charge in [0.05, 0.1) is 25.6 Å². The average Bonchev–Trinajstić information content (AvgIpc) is 2.51. The van der Waals surface area contributed by atoms with Gasteiger partial charge in [0.1, 0.15) is 0 Å². The molecule has 2 rings (SSSR count). The number of hydrogen-bond donors (Lipinski definition) is 1. The van der Waals surface area contributed by atoms with Crippen LogP contribution in [0.5, 0.6) is 0 Å². The normalized spacial score (nSPS) is 24.7. The molecule has 1 amide bonds. The molecule has 0 aromatic rings. The molecule has 0 atom stereocenters. The van der Waals surface area contributed by atoms with Crippen LogP contribution in [0, 0.1) is 5.41 Å². The molecule has 0 saturated carbocycles. The summed E-state index contributed by atoms with van der Waals surface area (Å²) in [5.41, 5.74) is 0. The van der Waals surface area contributed by atoms with Crippen molar-refractivity contribution in [2.75, 3.05) is 38.7 Å². The van der Waals surface area contributed by atoms with Gasteiger partial charge in [-0.1, -0.05) is 11.8 Å². The molecule has 2 saturated heterocycles. The fourth-order valence-corrected chi connectivity index (χ4v) is 2.22. The van der Waals surface area contributed by atoms with E-state index in [9.17, 15) is 4.79 Å². The Labute approximate surface area is 86.9 Å². The van der Waals surface area contributed by atoms with Gasteiger partial charge in [0.2, 0.25) is 5.91 Å². The third kappa shape index (κ3) is 2.08. The van der Waals surface area contributed by atoms with Crippen molar-refractivity contribution in [2.24, 2.45) is 0 Å². The molecule has 2 fully saturated rings. The molecule has 0 radical (unpaired) electrons. The van der Waals surface area contributed by atoms with Crippen molar-refractivity contribution < 1.29 is 9.53 Å². The molecule has 14 heavy (non-hydrogen) atoms. The Bertz CT molecular complexity index is 237. The Kier molecular flexibility index (Phi) is 3.05. The van der Waals surface area contributed by atoms with Crippen LogP contribution in [0.2, 0.25) is 0 Å². The molecule has 2 heterocycles. The third-order valence-corrected chi connectivity index (χ3v) is 3.21. The zero-order chi connectivity index (χ0) is 9.97. The molecule has 0 bridgehead atoms. The van der Waals surface area contributed by atoms with E-state index < -0.39 is 0 Å². The minimum atomic E-state index is 0.0477. The van der Waals surface area contributed by atoms with Crippen molar-refractivity contribution in [3.63, 3.8) is 0 Å². The minimum absolute atomic E-state index is 0.0477. The second-order valence-corrected chi connectivity index (χ2v) is 4.25. The number of amides is 1. The summed E-state index contributed by atoms with van der Waals surface area (Å²) >= 11 is 1.30. The number of amidine groups is 1. The van der Waals surface area contributed by atoms with Crippen LogP contribution in [-0.2, 0) is 9.53 Å². The average molecular weight is 215 g/mol. The van der Waals surface area contributed by atoms with Gasteiger partial charge in [0.15, 0.2) is 5.17 Å². The lowest BCUT2D eigenvalue weighted by Gasteiger charge is -2.30. The predicted octanol–water partition coefficient (Wildman–Crippen LogP) is -0.214. The second-order valence-electron chi connectivity index (χ2n) is 3.29. The van der Waals surface area contributed by atoms with Crippen LogP contribution >= 0.6 is 11.8 Å². The van der Waals surface area contributed by atoms with E-state index in [0.717, 1.165) is 26.3 Å². The Balaban J connectivity index is 1.89. The first-order chi connectivity index (χ1) is 6.77. The first-order valence-corrected chi connectivity index (χ1v) is 5.58. The third-order valence-electron chi connectivity index (χ3n) is 2.32. The van der Waals surface area contributed by atoms with Crippen molar-refractivity contribution in [1.82, 2.24) is 9.80 Å². The van der Waals surface area contributed by atoms with E-state index in [4.69, 9.17) is 10.1 Å². The topological polar surface area (TPSA) is 56.6 Å². The van der Waals surface area contributed by atoms with Gasteiger partial charge < -0.3 is 4.74 Å². The van der Waals surface area contributed by atoms with Crippen LogP contribution in [-0.4, -0.2) is 59.6 Å². The van der Waals surface area contributed by atoms with Gasteiger partial charge in [-0.15, -0.1) is 0 Å². The van der Waals surface area contributed by atoms with Gasteiger partial charge in [-0.3, -0.25) is 20.0 Å². The number of nitrogens with one attached hydrogen (secondary N) is 1. The molecule has 1 N–H and O–H groups in total. The second kappa shape index (κ2) is 4.29. The Hall–Kier alpha value is -0.590. The lowest BCUT2D eigenvalue weighted by molar-refractivity contribution is -0.126.